The van der Waals surface area contributed by atoms with Crippen LogP contribution in [0.15, 0.2) is 48.5 Å². The molecule has 0 saturated heterocycles. The van der Waals surface area contributed by atoms with E-state index < -0.39 is 23.6 Å². The number of carbonyl (C=O) groups excluding carboxylic acids is 1. The Morgan fingerprint density at radius 2 is 1.29 bits per heavy atom. The van der Waals surface area contributed by atoms with Crippen molar-refractivity contribution in [2.75, 3.05) is 7.11 Å². The molecular formula is C16H11F5O3. The summed E-state index contributed by atoms with van der Waals surface area (Å²) in [7, 11) is 1.23. The summed E-state index contributed by atoms with van der Waals surface area (Å²) in [4.78, 5) is 11.3. The van der Waals surface area contributed by atoms with Crippen molar-refractivity contribution >= 4 is 5.97 Å². The topological polar surface area (TPSA) is 35.5 Å². The van der Waals surface area contributed by atoms with Gasteiger partial charge in [-0.2, -0.15) is 22.0 Å². The van der Waals surface area contributed by atoms with Gasteiger partial charge in [-0.3, -0.25) is 0 Å². The van der Waals surface area contributed by atoms with Gasteiger partial charge in [-0.15, -0.1) is 0 Å². The third-order valence-electron chi connectivity index (χ3n) is 3.08. The molecular weight excluding hydrogens is 335 g/mol. The van der Waals surface area contributed by atoms with Gasteiger partial charge in [-0.05, 0) is 48.5 Å². The average molecular weight is 346 g/mol. The maximum atomic E-state index is 13.2. The standard InChI is InChI=1S/C16H11F5O3/c1-23-14(22)10-2-6-12(7-3-10)24-13-8-4-11(5-9-13)15(17,18)16(19,20)21/h2-9H,1H3. The molecule has 24 heavy (non-hydrogen) atoms. The molecule has 8 heteroatoms. The molecule has 0 spiro atoms. The van der Waals surface area contributed by atoms with E-state index in [9.17, 15) is 26.7 Å². The van der Waals surface area contributed by atoms with Crippen LogP contribution in [0.4, 0.5) is 22.0 Å². The van der Waals surface area contributed by atoms with Gasteiger partial charge in [0.15, 0.2) is 0 Å². The second-order valence-corrected chi connectivity index (χ2v) is 4.71. The van der Waals surface area contributed by atoms with Crippen LogP contribution in [0.3, 0.4) is 0 Å². The Morgan fingerprint density at radius 1 is 0.833 bits per heavy atom. The number of rotatable bonds is 4. The molecule has 0 aromatic heterocycles. The number of esters is 1. The van der Waals surface area contributed by atoms with Gasteiger partial charge in [0, 0.05) is 5.56 Å². The molecule has 0 N–H and O–H groups in total. The van der Waals surface area contributed by atoms with Gasteiger partial charge < -0.3 is 9.47 Å². The zero-order valence-corrected chi connectivity index (χ0v) is 12.2. The Morgan fingerprint density at radius 3 is 1.71 bits per heavy atom. The van der Waals surface area contributed by atoms with Crippen molar-refractivity contribution in [1.82, 2.24) is 0 Å². The van der Waals surface area contributed by atoms with E-state index in [1.54, 1.807) is 0 Å². The predicted molar refractivity (Wildman–Crippen MR) is 74.2 cm³/mol. The Labute approximate surface area is 133 Å². The first-order chi connectivity index (χ1) is 11.1. The molecule has 0 atom stereocenters. The number of hydrogen-bond acceptors (Lipinski definition) is 3. The molecule has 0 aliphatic rings. The van der Waals surface area contributed by atoms with Crippen molar-refractivity contribution in [3.8, 4) is 11.5 Å². The van der Waals surface area contributed by atoms with E-state index in [2.05, 4.69) is 4.74 Å². The molecule has 0 unspecified atom stereocenters. The fraction of sp³-hybridized carbons (Fsp3) is 0.188. The van der Waals surface area contributed by atoms with E-state index in [1.807, 2.05) is 0 Å². The molecule has 2 aromatic rings. The molecule has 128 valence electrons. The first kappa shape index (κ1) is 17.7. The summed E-state index contributed by atoms with van der Waals surface area (Å²) in [5.74, 6) is -5.13. The zero-order valence-electron chi connectivity index (χ0n) is 12.2. The SMILES string of the molecule is COC(=O)c1ccc(Oc2ccc(C(F)(F)C(F)(F)F)cc2)cc1. The number of halogens is 5. The minimum absolute atomic E-state index is 0.0718. The summed E-state index contributed by atoms with van der Waals surface area (Å²) in [6, 6.07) is 9.01. The fourth-order valence-corrected chi connectivity index (χ4v) is 1.81. The number of carbonyl (C=O) groups is 1. The maximum absolute atomic E-state index is 13.2. The summed E-state index contributed by atoms with van der Waals surface area (Å²) in [6.45, 7) is 0. The lowest BCUT2D eigenvalue weighted by atomic mass is 10.1. The van der Waals surface area contributed by atoms with Gasteiger partial charge in [0.2, 0.25) is 0 Å². The van der Waals surface area contributed by atoms with Crippen molar-refractivity contribution < 1.29 is 36.2 Å². The molecule has 0 radical (unpaired) electrons. The molecule has 0 amide bonds. The van der Waals surface area contributed by atoms with Gasteiger partial charge in [0.25, 0.3) is 0 Å². The Bertz CT molecular complexity index is 706. The Balaban J connectivity index is 2.13. The molecule has 0 aliphatic carbocycles. The summed E-state index contributed by atoms with van der Waals surface area (Å²) in [5, 5.41) is 0. The monoisotopic (exact) mass is 346 g/mol. The summed E-state index contributed by atoms with van der Waals surface area (Å²) >= 11 is 0. The summed E-state index contributed by atoms with van der Waals surface area (Å²) < 4.78 is 73.0. The quantitative estimate of drug-likeness (QED) is 0.582. The smallest absolute Gasteiger partial charge is 0.458 e. The highest BCUT2D eigenvalue weighted by Crippen LogP contribution is 2.44. The molecule has 0 aliphatic heterocycles. The van der Waals surface area contributed by atoms with Gasteiger partial charge in [0.1, 0.15) is 11.5 Å². The Kier molecular flexibility index (Phi) is 4.77. The lowest BCUT2D eigenvalue weighted by Crippen LogP contribution is -2.33. The summed E-state index contributed by atoms with van der Waals surface area (Å²) in [5.41, 5.74) is -0.895. The van der Waals surface area contributed by atoms with E-state index >= 15 is 0 Å². The number of hydrogen-bond donors (Lipinski definition) is 0. The van der Waals surface area contributed by atoms with E-state index in [0.717, 1.165) is 12.1 Å². The third-order valence-corrected chi connectivity index (χ3v) is 3.08. The lowest BCUT2D eigenvalue weighted by Gasteiger charge is -2.20. The lowest BCUT2D eigenvalue weighted by molar-refractivity contribution is -0.289. The van der Waals surface area contributed by atoms with Crippen molar-refractivity contribution in [3.05, 3.63) is 59.7 Å². The zero-order chi connectivity index (χ0) is 18.0. The van der Waals surface area contributed by atoms with Crippen molar-refractivity contribution in [1.29, 1.82) is 0 Å². The van der Waals surface area contributed by atoms with Gasteiger partial charge in [-0.1, -0.05) is 0 Å². The van der Waals surface area contributed by atoms with Crippen LogP contribution in [0.5, 0.6) is 11.5 Å². The first-order valence-corrected chi connectivity index (χ1v) is 6.56. The van der Waals surface area contributed by atoms with E-state index in [0.29, 0.717) is 12.1 Å². The molecule has 2 rings (SSSR count). The van der Waals surface area contributed by atoms with Crippen molar-refractivity contribution in [2.45, 2.75) is 12.1 Å². The van der Waals surface area contributed by atoms with Crippen molar-refractivity contribution in [2.24, 2.45) is 0 Å². The maximum Gasteiger partial charge on any atom is 0.458 e. The highest BCUT2D eigenvalue weighted by atomic mass is 19.4. The second kappa shape index (κ2) is 6.46. The molecule has 0 heterocycles. The molecule has 0 bridgehead atoms. The van der Waals surface area contributed by atoms with Crippen LogP contribution in [0.2, 0.25) is 0 Å². The normalized spacial score (nSPS) is 11.9. The summed E-state index contributed by atoms with van der Waals surface area (Å²) in [6.07, 6.45) is -5.67. The minimum Gasteiger partial charge on any atom is -0.465 e. The van der Waals surface area contributed by atoms with Gasteiger partial charge in [0.05, 0.1) is 12.7 Å². The number of ether oxygens (including phenoxy) is 2. The second-order valence-electron chi connectivity index (χ2n) is 4.71. The fourth-order valence-electron chi connectivity index (χ4n) is 1.81. The molecule has 3 nitrogen and oxygen atoms in total. The number of methoxy groups -OCH3 is 1. The predicted octanol–water partition coefficient (Wildman–Crippen LogP) is 4.92. The van der Waals surface area contributed by atoms with Crippen LogP contribution in [-0.2, 0) is 10.7 Å². The largest absolute Gasteiger partial charge is 0.465 e. The molecule has 0 fully saturated rings. The van der Waals surface area contributed by atoms with E-state index in [4.69, 9.17) is 4.74 Å². The van der Waals surface area contributed by atoms with Gasteiger partial charge in [-0.25, -0.2) is 4.79 Å². The number of alkyl halides is 5. The van der Waals surface area contributed by atoms with E-state index in [1.165, 1.54) is 31.4 Å². The first-order valence-electron chi connectivity index (χ1n) is 6.56. The highest BCUT2D eigenvalue weighted by Gasteiger charge is 2.58. The minimum atomic E-state index is -5.67. The van der Waals surface area contributed by atoms with Crippen LogP contribution in [-0.4, -0.2) is 19.3 Å². The third kappa shape index (κ3) is 3.64. The molecule has 0 saturated carbocycles. The highest BCUT2D eigenvalue weighted by molar-refractivity contribution is 5.89. The average Bonchev–Trinajstić information content (AvgIpc) is 2.54. The van der Waals surface area contributed by atoms with Gasteiger partial charge >= 0.3 is 18.1 Å². The van der Waals surface area contributed by atoms with Crippen LogP contribution in [0.25, 0.3) is 0 Å². The van der Waals surface area contributed by atoms with Crippen LogP contribution in [0.1, 0.15) is 15.9 Å². The van der Waals surface area contributed by atoms with Crippen molar-refractivity contribution in [3.63, 3.8) is 0 Å². The number of benzene rings is 2. The van der Waals surface area contributed by atoms with Crippen LogP contribution < -0.4 is 4.74 Å². The van der Waals surface area contributed by atoms with Crippen LogP contribution >= 0.6 is 0 Å². The molecule has 2 aromatic carbocycles. The van der Waals surface area contributed by atoms with Crippen LogP contribution in [0, 0.1) is 0 Å². The van der Waals surface area contributed by atoms with E-state index in [-0.39, 0.29) is 17.1 Å². The Hall–Kier alpha value is -2.64.